The van der Waals surface area contributed by atoms with Crippen LogP contribution in [0.3, 0.4) is 0 Å². The van der Waals surface area contributed by atoms with Gasteiger partial charge in [0.05, 0.1) is 4.92 Å². The minimum Gasteiger partial charge on any atom is -0.337 e. The van der Waals surface area contributed by atoms with Crippen LogP contribution in [0.15, 0.2) is 28.8 Å². The van der Waals surface area contributed by atoms with Crippen molar-refractivity contribution in [1.29, 1.82) is 0 Å². The van der Waals surface area contributed by atoms with Crippen molar-refractivity contribution in [3.8, 4) is 11.4 Å². The molecular formula is C15H15N5O3. The van der Waals surface area contributed by atoms with Crippen molar-refractivity contribution in [3.05, 3.63) is 57.2 Å². The van der Waals surface area contributed by atoms with Gasteiger partial charge >= 0.3 is 5.69 Å². The Labute approximate surface area is 131 Å². The number of benzene rings is 1. The van der Waals surface area contributed by atoms with Gasteiger partial charge in [0.25, 0.3) is 0 Å². The van der Waals surface area contributed by atoms with Crippen molar-refractivity contribution in [3.63, 3.8) is 0 Å². The fourth-order valence-electron chi connectivity index (χ4n) is 2.45. The number of hydrogen-bond donors (Lipinski definition) is 0. The molecule has 0 atom stereocenters. The highest BCUT2D eigenvalue weighted by atomic mass is 16.6. The quantitative estimate of drug-likeness (QED) is 0.542. The zero-order valence-electron chi connectivity index (χ0n) is 13.0. The van der Waals surface area contributed by atoms with Crippen LogP contribution in [0.2, 0.25) is 0 Å². The van der Waals surface area contributed by atoms with Crippen LogP contribution >= 0.6 is 0 Å². The van der Waals surface area contributed by atoms with E-state index in [1.807, 2.05) is 31.2 Å². The molecule has 0 amide bonds. The molecule has 8 heteroatoms. The number of nitrogens with zero attached hydrogens (tertiary/aromatic N) is 5. The zero-order valence-corrected chi connectivity index (χ0v) is 13.0. The van der Waals surface area contributed by atoms with Crippen LogP contribution < -0.4 is 0 Å². The molecule has 3 aromatic rings. The number of aryl methyl sites for hydroxylation is 2. The molecule has 2 aromatic heterocycles. The van der Waals surface area contributed by atoms with E-state index < -0.39 is 4.92 Å². The lowest BCUT2D eigenvalue weighted by atomic mass is 10.1. The summed E-state index contributed by atoms with van der Waals surface area (Å²) in [6.45, 7) is 5.43. The Morgan fingerprint density at radius 3 is 2.74 bits per heavy atom. The van der Waals surface area contributed by atoms with Crippen LogP contribution in [0.5, 0.6) is 0 Å². The van der Waals surface area contributed by atoms with E-state index in [4.69, 9.17) is 4.52 Å². The van der Waals surface area contributed by atoms with Gasteiger partial charge in [-0.05, 0) is 26.8 Å². The van der Waals surface area contributed by atoms with Gasteiger partial charge < -0.3 is 4.52 Å². The summed E-state index contributed by atoms with van der Waals surface area (Å²) in [5, 5.41) is 19.2. The molecule has 8 nitrogen and oxygen atoms in total. The second-order valence-corrected chi connectivity index (χ2v) is 5.32. The van der Waals surface area contributed by atoms with E-state index in [1.54, 1.807) is 13.8 Å². The molecule has 0 saturated heterocycles. The monoisotopic (exact) mass is 313 g/mol. The molecule has 3 rings (SSSR count). The van der Waals surface area contributed by atoms with Crippen molar-refractivity contribution in [2.45, 2.75) is 27.3 Å². The third kappa shape index (κ3) is 2.83. The minimum atomic E-state index is -0.430. The van der Waals surface area contributed by atoms with E-state index in [9.17, 15) is 10.1 Å². The van der Waals surface area contributed by atoms with E-state index in [0.717, 1.165) is 11.1 Å². The Morgan fingerprint density at radius 2 is 2.09 bits per heavy atom. The normalized spacial score (nSPS) is 10.9. The summed E-state index contributed by atoms with van der Waals surface area (Å²) >= 11 is 0. The molecule has 0 saturated carbocycles. The van der Waals surface area contributed by atoms with Crippen LogP contribution in [-0.4, -0.2) is 24.8 Å². The summed E-state index contributed by atoms with van der Waals surface area (Å²) in [6.07, 6.45) is 0. The molecule has 0 radical (unpaired) electrons. The average Bonchev–Trinajstić information content (AvgIpc) is 3.05. The smallest absolute Gasteiger partial charge is 0.312 e. The highest BCUT2D eigenvalue weighted by Gasteiger charge is 2.22. The molecule has 23 heavy (non-hydrogen) atoms. The predicted molar refractivity (Wildman–Crippen MR) is 81.9 cm³/mol. The molecule has 0 aliphatic rings. The topological polar surface area (TPSA) is 99.9 Å². The van der Waals surface area contributed by atoms with Crippen molar-refractivity contribution in [2.24, 2.45) is 0 Å². The van der Waals surface area contributed by atoms with Crippen LogP contribution in [0.25, 0.3) is 11.4 Å². The van der Waals surface area contributed by atoms with Gasteiger partial charge in [-0.2, -0.15) is 10.1 Å². The molecule has 0 N–H and O–H groups in total. The molecular weight excluding hydrogens is 298 g/mol. The van der Waals surface area contributed by atoms with Gasteiger partial charge in [-0.25, -0.2) is 0 Å². The lowest BCUT2D eigenvalue weighted by Gasteiger charge is -1.98. The van der Waals surface area contributed by atoms with E-state index in [-0.39, 0.29) is 12.2 Å². The lowest BCUT2D eigenvalue weighted by molar-refractivity contribution is -0.386. The predicted octanol–water partition coefficient (Wildman–Crippen LogP) is 2.81. The second kappa shape index (κ2) is 5.64. The van der Waals surface area contributed by atoms with Gasteiger partial charge in [-0.1, -0.05) is 28.9 Å². The number of aromatic nitrogens is 4. The Morgan fingerprint density at radius 1 is 1.30 bits per heavy atom. The maximum atomic E-state index is 11.0. The molecule has 118 valence electrons. The largest absolute Gasteiger partial charge is 0.337 e. The molecule has 0 fully saturated rings. The Balaban J connectivity index is 1.88. The lowest BCUT2D eigenvalue weighted by Crippen LogP contribution is -2.04. The summed E-state index contributed by atoms with van der Waals surface area (Å²) < 4.78 is 6.74. The summed E-state index contributed by atoms with van der Waals surface area (Å²) in [5.41, 5.74) is 2.81. The second-order valence-electron chi connectivity index (χ2n) is 5.32. The molecule has 0 aliphatic carbocycles. The van der Waals surface area contributed by atoms with E-state index in [1.165, 1.54) is 4.68 Å². The highest BCUT2D eigenvalue weighted by molar-refractivity contribution is 5.55. The first-order chi connectivity index (χ1) is 11.0. The van der Waals surface area contributed by atoms with Crippen LogP contribution in [0.1, 0.15) is 22.8 Å². The molecule has 2 heterocycles. The number of nitro groups is 1. The molecule has 1 aromatic carbocycles. The minimum absolute atomic E-state index is 0.0171. The molecule has 0 aliphatic heterocycles. The van der Waals surface area contributed by atoms with Gasteiger partial charge in [-0.3, -0.25) is 14.8 Å². The van der Waals surface area contributed by atoms with Crippen molar-refractivity contribution in [1.82, 2.24) is 19.9 Å². The maximum Gasteiger partial charge on any atom is 0.312 e. The van der Waals surface area contributed by atoms with Crippen LogP contribution in [0.4, 0.5) is 5.69 Å². The third-order valence-corrected chi connectivity index (χ3v) is 3.56. The summed E-state index contributed by atoms with van der Waals surface area (Å²) in [5.74, 6) is 0.835. The fraction of sp³-hybridized carbons (Fsp3) is 0.267. The van der Waals surface area contributed by atoms with Crippen LogP contribution in [0, 0.1) is 30.9 Å². The Bertz CT molecular complexity index is 881. The first-order valence-electron chi connectivity index (χ1n) is 7.03. The van der Waals surface area contributed by atoms with E-state index in [2.05, 4.69) is 15.2 Å². The molecule has 0 bridgehead atoms. The van der Waals surface area contributed by atoms with Crippen LogP contribution in [-0.2, 0) is 6.54 Å². The van der Waals surface area contributed by atoms with E-state index in [0.29, 0.717) is 23.1 Å². The first-order valence-corrected chi connectivity index (χ1v) is 7.03. The van der Waals surface area contributed by atoms with E-state index >= 15 is 0 Å². The summed E-state index contributed by atoms with van der Waals surface area (Å²) in [4.78, 5) is 14.9. The Hall–Kier alpha value is -3.03. The highest BCUT2D eigenvalue weighted by Crippen LogP contribution is 2.23. The van der Waals surface area contributed by atoms with Gasteiger partial charge in [0.15, 0.2) is 0 Å². The Kier molecular flexibility index (Phi) is 3.65. The van der Waals surface area contributed by atoms with Gasteiger partial charge in [-0.15, -0.1) is 0 Å². The standard InChI is InChI=1S/C15H15N5O3/c1-9-5-4-6-12(7-9)15-16-13(23-18-15)8-19-11(3)14(20(21)22)10(2)17-19/h4-7H,8H2,1-3H3. The van der Waals surface area contributed by atoms with Gasteiger partial charge in [0, 0.05) is 5.56 Å². The zero-order chi connectivity index (χ0) is 16.6. The van der Waals surface area contributed by atoms with Crippen molar-refractivity contribution < 1.29 is 9.45 Å². The fourth-order valence-corrected chi connectivity index (χ4v) is 2.45. The van der Waals surface area contributed by atoms with Crippen molar-refractivity contribution in [2.75, 3.05) is 0 Å². The summed E-state index contributed by atoms with van der Waals surface area (Å²) in [6, 6.07) is 7.77. The SMILES string of the molecule is Cc1cccc(-c2noc(Cn3nc(C)c([N+](=O)[O-])c3C)n2)c1. The van der Waals surface area contributed by atoms with Crippen molar-refractivity contribution >= 4 is 5.69 Å². The van der Waals surface area contributed by atoms with Gasteiger partial charge in [0.2, 0.25) is 11.7 Å². The summed E-state index contributed by atoms with van der Waals surface area (Å²) in [7, 11) is 0. The van der Waals surface area contributed by atoms with Gasteiger partial charge in [0.1, 0.15) is 17.9 Å². The first kappa shape index (κ1) is 14.9. The third-order valence-electron chi connectivity index (χ3n) is 3.56. The molecule has 0 unspecified atom stereocenters. The number of hydrogen-bond acceptors (Lipinski definition) is 6. The molecule has 0 spiro atoms. The maximum absolute atomic E-state index is 11.0. The number of rotatable bonds is 4. The average molecular weight is 313 g/mol.